The number of ether oxygens (including phenoxy) is 1. The van der Waals surface area contributed by atoms with Crippen molar-refractivity contribution in [3.63, 3.8) is 0 Å². The van der Waals surface area contributed by atoms with Crippen LogP contribution in [0.3, 0.4) is 0 Å². The Morgan fingerprint density at radius 3 is 2.54 bits per heavy atom. The standard InChI is InChI=1S/C23H22N2O2.ClH/c26-23-20-3-1-2-19-16(6-9-21(25-23)22(19)20)14-15-4-7-17(8-5-15)27-18-10-12-24-13-11-18;/h1-9,18,24H,10-14H2,(H,25,26);1H. The van der Waals surface area contributed by atoms with Gasteiger partial charge in [-0.2, -0.15) is 0 Å². The number of nitrogens with one attached hydrogen (secondary N) is 2. The molecule has 3 aromatic rings. The maximum Gasteiger partial charge on any atom is 0.256 e. The summed E-state index contributed by atoms with van der Waals surface area (Å²) < 4.78 is 6.10. The summed E-state index contributed by atoms with van der Waals surface area (Å²) in [4.78, 5) is 12.1. The van der Waals surface area contributed by atoms with E-state index < -0.39 is 0 Å². The Labute approximate surface area is 170 Å². The lowest BCUT2D eigenvalue weighted by molar-refractivity contribution is 0.103. The maximum atomic E-state index is 12.1. The summed E-state index contributed by atoms with van der Waals surface area (Å²) >= 11 is 0. The van der Waals surface area contributed by atoms with Gasteiger partial charge in [-0.1, -0.05) is 30.3 Å². The van der Waals surface area contributed by atoms with Crippen LogP contribution in [0.4, 0.5) is 5.69 Å². The predicted octanol–water partition coefficient (Wildman–Crippen LogP) is 4.55. The molecule has 0 bridgehead atoms. The summed E-state index contributed by atoms with van der Waals surface area (Å²) in [6, 6.07) is 18.5. The maximum absolute atomic E-state index is 12.1. The summed E-state index contributed by atoms with van der Waals surface area (Å²) in [5.74, 6) is 0.938. The Morgan fingerprint density at radius 2 is 1.75 bits per heavy atom. The van der Waals surface area contributed by atoms with E-state index in [9.17, 15) is 4.79 Å². The molecule has 3 aromatic carbocycles. The van der Waals surface area contributed by atoms with Crippen molar-refractivity contribution in [3.05, 3.63) is 71.3 Å². The van der Waals surface area contributed by atoms with Crippen molar-refractivity contribution in [2.24, 2.45) is 0 Å². The molecule has 2 heterocycles. The third-order valence-corrected chi connectivity index (χ3v) is 5.53. The van der Waals surface area contributed by atoms with Crippen molar-refractivity contribution in [2.45, 2.75) is 25.4 Å². The van der Waals surface area contributed by atoms with Gasteiger partial charge in [0.1, 0.15) is 11.9 Å². The highest BCUT2D eigenvalue weighted by molar-refractivity contribution is 6.24. The molecule has 144 valence electrons. The zero-order valence-corrected chi connectivity index (χ0v) is 16.4. The molecule has 5 rings (SSSR count). The van der Waals surface area contributed by atoms with Gasteiger partial charge < -0.3 is 15.4 Å². The number of benzene rings is 3. The highest BCUT2D eigenvalue weighted by atomic mass is 35.5. The Hall–Kier alpha value is -2.56. The highest BCUT2D eigenvalue weighted by Gasteiger charge is 2.22. The number of rotatable bonds is 4. The largest absolute Gasteiger partial charge is 0.490 e. The first-order chi connectivity index (χ1) is 13.3. The third-order valence-electron chi connectivity index (χ3n) is 5.53. The summed E-state index contributed by atoms with van der Waals surface area (Å²) in [5.41, 5.74) is 4.17. The van der Waals surface area contributed by atoms with Crippen LogP contribution in [0.5, 0.6) is 5.75 Å². The average molecular weight is 395 g/mol. The van der Waals surface area contributed by atoms with Gasteiger partial charge in [0.2, 0.25) is 0 Å². The van der Waals surface area contributed by atoms with E-state index in [0.717, 1.165) is 60.1 Å². The monoisotopic (exact) mass is 394 g/mol. The lowest BCUT2D eigenvalue weighted by Crippen LogP contribution is -2.34. The number of halogens is 1. The van der Waals surface area contributed by atoms with Crippen molar-refractivity contribution in [3.8, 4) is 5.75 Å². The fourth-order valence-corrected chi connectivity index (χ4v) is 4.12. The first-order valence-corrected chi connectivity index (χ1v) is 9.60. The Balaban J connectivity index is 0.00000192. The number of piperidine rings is 1. The van der Waals surface area contributed by atoms with Crippen LogP contribution < -0.4 is 15.4 Å². The van der Waals surface area contributed by atoms with Crippen LogP contribution >= 0.6 is 12.4 Å². The first kappa shape index (κ1) is 18.8. The molecule has 0 spiro atoms. The molecule has 1 amide bonds. The smallest absolute Gasteiger partial charge is 0.256 e. The molecule has 28 heavy (non-hydrogen) atoms. The van der Waals surface area contributed by atoms with Gasteiger partial charge in [-0.3, -0.25) is 4.79 Å². The van der Waals surface area contributed by atoms with Gasteiger partial charge in [-0.05, 0) is 73.1 Å². The number of anilines is 1. The number of hydrogen-bond acceptors (Lipinski definition) is 3. The van der Waals surface area contributed by atoms with Gasteiger partial charge in [-0.25, -0.2) is 0 Å². The lowest BCUT2D eigenvalue weighted by Gasteiger charge is -2.23. The molecule has 1 saturated heterocycles. The minimum Gasteiger partial charge on any atom is -0.490 e. The van der Waals surface area contributed by atoms with Crippen LogP contribution in [0.2, 0.25) is 0 Å². The second-order valence-corrected chi connectivity index (χ2v) is 7.34. The summed E-state index contributed by atoms with van der Waals surface area (Å²) in [7, 11) is 0. The van der Waals surface area contributed by atoms with Crippen LogP contribution in [-0.4, -0.2) is 25.1 Å². The molecular formula is C23H23ClN2O2. The van der Waals surface area contributed by atoms with Gasteiger partial charge >= 0.3 is 0 Å². The van der Waals surface area contributed by atoms with Crippen LogP contribution in [0.15, 0.2) is 54.6 Å². The van der Waals surface area contributed by atoms with Gasteiger partial charge in [0.25, 0.3) is 5.91 Å². The van der Waals surface area contributed by atoms with Gasteiger partial charge in [0.05, 0.1) is 0 Å². The molecule has 0 saturated carbocycles. The molecular weight excluding hydrogens is 372 g/mol. The van der Waals surface area contributed by atoms with Crippen LogP contribution in [0.25, 0.3) is 10.8 Å². The fraction of sp³-hybridized carbons (Fsp3) is 0.261. The second-order valence-electron chi connectivity index (χ2n) is 7.34. The zero-order valence-electron chi connectivity index (χ0n) is 15.5. The zero-order chi connectivity index (χ0) is 18.2. The predicted molar refractivity (Wildman–Crippen MR) is 115 cm³/mol. The Kier molecular flexibility index (Phi) is 5.25. The first-order valence-electron chi connectivity index (χ1n) is 9.60. The second kappa shape index (κ2) is 7.82. The minimum atomic E-state index is -0.00726. The summed E-state index contributed by atoms with van der Waals surface area (Å²) in [6.07, 6.45) is 3.28. The molecule has 0 unspecified atom stereocenters. The fourth-order valence-electron chi connectivity index (χ4n) is 4.12. The van der Waals surface area contributed by atoms with Crippen molar-refractivity contribution in [2.75, 3.05) is 18.4 Å². The van der Waals surface area contributed by atoms with Gasteiger partial charge in [-0.15, -0.1) is 12.4 Å². The molecule has 4 nitrogen and oxygen atoms in total. The molecule has 1 fully saturated rings. The molecule has 0 radical (unpaired) electrons. The Morgan fingerprint density at radius 1 is 0.964 bits per heavy atom. The van der Waals surface area contributed by atoms with Crippen LogP contribution in [0.1, 0.15) is 34.3 Å². The van der Waals surface area contributed by atoms with E-state index >= 15 is 0 Å². The van der Waals surface area contributed by atoms with E-state index in [4.69, 9.17) is 4.74 Å². The average Bonchev–Trinajstić information content (AvgIpc) is 3.04. The van der Waals surface area contributed by atoms with Gasteiger partial charge in [0, 0.05) is 16.6 Å². The third kappa shape index (κ3) is 3.46. The van der Waals surface area contributed by atoms with E-state index in [0.29, 0.717) is 6.10 Å². The Bertz CT molecular complexity index is 1010. The van der Waals surface area contributed by atoms with Crippen LogP contribution in [0, 0.1) is 0 Å². The number of amides is 1. The number of carbonyl (C=O) groups excluding carboxylic acids is 1. The molecule has 2 N–H and O–H groups in total. The summed E-state index contributed by atoms with van der Waals surface area (Å²) in [5, 5.41) is 8.51. The molecule has 0 aliphatic carbocycles. The SMILES string of the molecule is Cl.O=C1Nc2ccc(Cc3ccc(OC4CCNCC4)cc3)c3cccc1c23. The van der Waals surface area contributed by atoms with E-state index in [-0.39, 0.29) is 18.3 Å². The van der Waals surface area contributed by atoms with Crippen LogP contribution in [-0.2, 0) is 6.42 Å². The van der Waals surface area contributed by atoms with E-state index in [1.54, 1.807) is 0 Å². The van der Waals surface area contributed by atoms with Gasteiger partial charge in [0.15, 0.2) is 0 Å². The van der Waals surface area contributed by atoms with Crippen molar-refractivity contribution in [1.82, 2.24) is 5.32 Å². The lowest BCUT2D eigenvalue weighted by atomic mass is 9.96. The van der Waals surface area contributed by atoms with E-state index in [2.05, 4.69) is 47.0 Å². The summed E-state index contributed by atoms with van der Waals surface area (Å²) in [6.45, 7) is 2.07. The molecule has 5 heteroatoms. The topological polar surface area (TPSA) is 50.4 Å². The normalized spacial score (nSPS) is 15.9. The van der Waals surface area contributed by atoms with E-state index in [1.165, 1.54) is 11.1 Å². The minimum absolute atomic E-state index is 0. The number of carbonyl (C=O) groups is 1. The van der Waals surface area contributed by atoms with E-state index in [1.807, 2.05) is 18.2 Å². The molecule has 2 aliphatic heterocycles. The highest BCUT2D eigenvalue weighted by Crippen LogP contribution is 2.35. The van der Waals surface area contributed by atoms with Crippen molar-refractivity contribution >= 4 is 34.8 Å². The van der Waals surface area contributed by atoms with Crippen molar-refractivity contribution in [1.29, 1.82) is 0 Å². The quantitative estimate of drug-likeness (QED) is 0.682. The molecule has 2 aliphatic rings. The molecule has 0 atom stereocenters. The number of hydrogen-bond donors (Lipinski definition) is 2. The molecule has 0 aromatic heterocycles. The van der Waals surface area contributed by atoms with Crippen molar-refractivity contribution < 1.29 is 9.53 Å².